The molecule has 0 aromatic heterocycles. The van der Waals surface area contributed by atoms with Crippen molar-refractivity contribution in [3.8, 4) is 0 Å². The minimum atomic E-state index is -1.50. The van der Waals surface area contributed by atoms with Gasteiger partial charge in [-0.1, -0.05) is 0 Å². The SMILES string of the molecule is O=C1OCOC([O-])C1C1C(=O)C=CC1[NH+]1CCCC1. The van der Waals surface area contributed by atoms with Gasteiger partial charge in [-0.25, -0.2) is 0 Å². The lowest BCUT2D eigenvalue weighted by Crippen LogP contribution is -3.14. The number of ketones is 1. The second-order valence-corrected chi connectivity index (χ2v) is 5.32. The van der Waals surface area contributed by atoms with Gasteiger partial charge in [-0.05, 0) is 18.4 Å². The van der Waals surface area contributed by atoms with E-state index in [1.807, 2.05) is 6.08 Å². The van der Waals surface area contributed by atoms with Crippen molar-refractivity contribution in [2.75, 3.05) is 19.9 Å². The largest absolute Gasteiger partial charge is 0.830 e. The van der Waals surface area contributed by atoms with Gasteiger partial charge in [0.1, 0.15) is 6.04 Å². The Hall–Kier alpha value is -1.24. The molecule has 0 bridgehead atoms. The topological polar surface area (TPSA) is 80.1 Å². The van der Waals surface area contributed by atoms with Crippen molar-refractivity contribution in [1.82, 2.24) is 0 Å². The van der Waals surface area contributed by atoms with E-state index in [1.54, 1.807) is 0 Å². The van der Waals surface area contributed by atoms with E-state index in [9.17, 15) is 14.7 Å². The Morgan fingerprint density at radius 3 is 2.63 bits per heavy atom. The Morgan fingerprint density at radius 1 is 1.21 bits per heavy atom. The van der Waals surface area contributed by atoms with Crippen LogP contribution in [0.1, 0.15) is 12.8 Å². The number of ether oxygens (including phenoxy) is 2. The van der Waals surface area contributed by atoms with Crippen molar-refractivity contribution in [3.05, 3.63) is 12.2 Å². The Morgan fingerprint density at radius 2 is 1.95 bits per heavy atom. The van der Waals surface area contributed by atoms with Crippen LogP contribution in [-0.2, 0) is 19.1 Å². The summed E-state index contributed by atoms with van der Waals surface area (Å²) in [6.07, 6.45) is 4.07. The number of allylic oxidation sites excluding steroid dienone is 1. The summed E-state index contributed by atoms with van der Waals surface area (Å²) in [7, 11) is 0. The molecule has 3 aliphatic rings. The number of nitrogens with one attached hydrogen (secondary N) is 1. The molecule has 2 saturated heterocycles. The summed E-state index contributed by atoms with van der Waals surface area (Å²) in [4.78, 5) is 25.1. The molecule has 2 heterocycles. The summed E-state index contributed by atoms with van der Waals surface area (Å²) in [5.74, 6) is -2.40. The molecule has 0 amide bonds. The number of esters is 1. The number of likely N-dealkylation sites (tertiary alicyclic amines) is 1. The van der Waals surface area contributed by atoms with E-state index in [4.69, 9.17) is 9.47 Å². The predicted octanol–water partition coefficient (Wildman–Crippen LogP) is -2.38. The molecule has 2 fully saturated rings. The molecule has 19 heavy (non-hydrogen) atoms. The molecule has 0 radical (unpaired) electrons. The molecule has 6 nitrogen and oxygen atoms in total. The first-order valence-corrected chi connectivity index (χ1v) is 6.69. The summed E-state index contributed by atoms with van der Waals surface area (Å²) in [5, 5.41) is 11.9. The first kappa shape index (κ1) is 12.8. The fourth-order valence-electron chi connectivity index (χ4n) is 3.35. The van der Waals surface area contributed by atoms with Crippen molar-refractivity contribution in [3.63, 3.8) is 0 Å². The van der Waals surface area contributed by atoms with Gasteiger partial charge in [0.2, 0.25) is 0 Å². The zero-order valence-electron chi connectivity index (χ0n) is 10.5. The number of quaternary nitrogens is 1. The molecule has 2 aliphatic heterocycles. The molecular formula is C13H17NO5. The maximum absolute atomic E-state index is 12.0. The third-order valence-electron chi connectivity index (χ3n) is 4.29. The standard InChI is InChI=1S/C13H16NO5/c15-9-4-3-8(14-5-1-2-6-14)10(9)11-12(16)18-7-19-13(11)17/h3-4,8,10-12H,1-2,5-7H2/q-1/p+1. The van der Waals surface area contributed by atoms with E-state index >= 15 is 0 Å². The zero-order valence-corrected chi connectivity index (χ0v) is 10.5. The number of cyclic esters (lactones) is 1. The van der Waals surface area contributed by atoms with Crippen LogP contribution in [0.15, 0.2) is 12.2 Å². The van der Waals surface area contributed by atoms with Crippen LogP contribution in [0, 0.1) is 11.8 Å². The first-order valence-electron chi connectivity index (χ1n) is 6.69. The number of hydrogen-bond acceptors (Lipinski definition) is 5. The molecule has 0 spiro atoms. The normalized spacial score (nSPS) is 39.8. The van der Waals surface area contributed by atoms with Gasteiger partial charge in [0.05, 0.1) is 24.9 Å². The van der Waals surface area contributed by atoms with Gasteiger partial charge in [-0.3, -0.25) is 9.59 Å². The van der Waals surface area contributed by atoms with Crippen molar-refractivity contribution >= 4 is 11.8 Å². The van der Waals surface area contributed by atoms with Crippen LogP contribution in [0.4, 0.5) is 0 Å². The lowest BCUT2D eigenvalue weighted by molar-refractivity contribution is -0.909. The average Bonchev–Trinajstić information content (AvgIpc) is 2.99. The highest BCUT2D eigenvalue weighted by atomic mass is 16.7. The van der Waals surface area contributed by atoms with E-state index in [1.165, 1.54) is 11.0 Å². The quantitative estimate of drug-likeness (QED) is 0.565. The molecule has 3 rings (SSSR count). The minimum absolute atomic E-state index is 0.0919. The van der Waals surface area contributed by atoms with Gasteiger partial charge < -0.3 is 19.5 Å². The van der Waals surface area contributed by atoms with E-state index in [0.717, 1.165) is 25.9 Å². The van der Waals surface area contributed by atoms with Crippen LogP contribution >= 0.6 is 0 Å². The summed E-state index contributed by atoms with van der Waals surface area (Å²) < 4.78 is 9.63. The Balaban J connectivity index is 1.83. The summed E-state index contributed by atoms with van der Waals surface area (Å²) >= 11 is 0. The van der Waals surface area contributed by atoms with Gasteiger partial charge in [0, 0.05) is 12.8 Å². The van der Waals surface area contributed by atoms with E-state index in [-0.39, 0.29) is 18.6 Å². The highest BCUT2D eigenvalue weighted by molar-refractivity contribution is 5.98. The molecule has 0 aromatic rings. The Labute approximate surface area is 111 Å². The molecule has 1 aliphatic carbocycles. The second kappa shape index (κ2) is 5.03. The molecule has 4 atom stereocenters. The number of hydrogen-bond donors (Lipinski definition) is 1. The first-order chi connectivity index (χ1) is 9.18. The Bertz CT molecular complexity index is 415. The zero-order chi connectivity index (χ0) is 13.4. The highest BCUT2D eigenvalue weighted by Crippen LogP contribution is 2.28. The molecular weight excluding hydrogens is 250 g/mol. The minimum Gasteiger partial charge on any atom is -0.830 e. The fraction of sp³-hybridized carbons (Fsp3) is 0.692. The van der Waals surface area contributed by atoms with Crippen molar-refractivity contribution in [2.45, 2.75) is 25.2 Å². The third-order valence-corrected chi connectivity index (χ3v) is 4.29. The number of rotatable bonds is 2. The number of carbonyl (C=O) groups excluding carboxylic acids is 2. The molecule has 0 aromatic carbocycles. The molecule has 0 saturated carbocycles. The molecule has 1 N–H and O–H groups in total. The van der Waals surface area contributed by atoms with Gasteiger partial charge in [-0.15, -0.1) is 0 Å². The fourth-order valence-corrected chi connectivity index (χ4v) is 3.35. The monoisotopic (exact) mass is 267 g/mol. The maximum Gasteiger partial charge on any atom is 0.313 e. The van der Waals surface area contributed by atoms with Crippen LogP contribution < -0.4 is 10.0 Å². The van der Waals surface area contributed by atoms with Crippen molar-refractivity contribution in [2.24, 2.45) is 11.8 Å². The summed E-state index contributed by atoms with van der Waals surface area (Å²) in [6, 6.07) is -0.0919. The molecule has 6 heteroatoms. The van der Waals surface area contributed by atoms with Crippen LogP contribution in [-0.4, -0.2) is 44.0 Å². The van der Waals surface area contributed by atoms with Gasteiger partial charge in [-0.2, -0.15) is 0 Å². The van der Waals surface area contributed by atoms with Crippen LogP contribution in [0.25, 0.3) is 0 Å². The lowest BCUT2D eigenvalue weighted by Gasteiger charge is -2.39. The number of carbonyl (C=O) groups is 2. The predicted molar refractivity (Wildman–Crippen MR) is 60.7 cm³/mol. The maximum atomic E-state index is 12.0. The lowest BCUT2D eigenvalue weighted by atomic mass is 9.85. The highest BCUT2D eigenvalue weighted by Gasteiger charge is 2.48. The summed E-state index contributed by atoms with van der Waals surface area (Å²) in [5.41, 5.74) is 0. The Kier molecular flexibility index (Phi) is 3.38. The summed E-state index contributed by atoms with van der Waals surface area (Å²) in [6.45, 7) is 1.65. The smallest absolute Gasteiger partial charge is 0.313 e. The van der Waals surface area contributed by atoms with Crippen LogP contribution in [0.5, 0.6) is 0 Å². The van der Waals surface area contributed by atoms with Crippen LogP contribution in [0.3, 0.4) is 0 Å². The van der Waals surface area contributed by atoms with E-state index < -0.39 is 24.1 Å². The van der Waals surface area contributed by atoms with Crippen molar-refractivity contribution < 1.29 is 29.1 Å². The average molecular weight is 267 g/mol. The third kappa shape index (κ3) is 2.20. The van der Waals surface area contributed by atoms with Gasteiger partial charge in [0.15, 0.2) is 12.6 Å². The van der Waals surface area contributed by atoms with Crippen LogP contribution in [0.2, 0.25) is 0 Å². The molecule has 104 valence electrons. The molecule has 4 unspecified atom stereocenters. The van der Waals surface area contributed by atoms with Gasteiger partial charge in [0.25, 0.3) is 0 Å². The van der Waals surface area contributed by atoms with Crippen molar-refractivity contribution in [1.29, 1.82) is 0 Å². The van der Waals surface area contributed by atoms with E-state index in [0.29, 0.717) is 0 Å². The second-order valence-electron chi connectivity index (χ2n) is 5.32. The van der Waals surface area contributed by atoms with Gasteiger partial charge >= 0.3 is 5.97 Å². The van der Waals surface area contributed by atoms with E-state index in [2.05, 4.69) is 0 Å².